The van der Waals surface area contributed by atoms with Gasteiger partial charge in [-0.05, 0) is 142 Å². The Morgan fingerprint density at radius 1 is 0.522 bits per heavy atom. The van der Waals surface area contributed by atoms with Gasteiger partial charge in [-0.1, -0.05) is 64.1 Å². The fraction of sp³-hybridized carbons (Fsp3) is 0.381. The van der Waals surface area contributed by atoms with E-state index in [2.05, 4.69) is 111 Å². The standard InChI is InChI=1S/C42H42N4/c1-41(2)33-21-35(41)31-23-45-39(37-9-5-7-15-43-37)19-27(31)29(33)17-25-11-13-26(14-12-25)18-30-28-20-40(38-10-6-8-16-44-38)46-24-32(28)36-22-34(30)42(36,3)4/h5-16,19-20,23-24,29-30,33-36H,17-18,21-22H2,1-4H3/t29-,30-,33-,34-,35+,36+/m0/s1. The summed E-state index contributed by atoms with van der Waals surface area (Å²) in [5, 5.41) is 0. The van der Waals surface area contributed by atoms with Crippen LogP contribution in [-0.2, 0) is 12.8 Å². The van der Waals surface area contributed by atoms with Gasteiger partial charge < -0.3 is 0 Å². The van der Waals surface area contributed by atoms with E-state index in [9.17, 15) is 0 Å². The van der Waals surface area contributed by atoms with Crippen LogP contribution in [0.2, 0.25) is 0 Å². The van der Waals surface area contributed by atoms with Gasteiger partial charge in [-0.25, -0.2) is 0 Å². The second kappa shape index (κ2) is 10.2. The fourth-order valence-electron chi connectivity index (χ4n) is 10.1. The molecule has 6 atom stereocenters. The number of benzene rings is 1. The zero-order valence-electron chi connectivity index (χ0n) is 27.3. The predicted octanol–water partition coefficient (Wildman–Crippen LogP) is 9.54. The van der Waals surface area contributed by atoms with Crippen LogP contribution in [0.3, 0.4) is 0 Å². The third-order valence-electron chi connectivity index (χ3n) is 12.9. The smallest absolute Gasteiger partial charge is 0.0889 e. The van der Waals surface area contributed by atoms with Crippen LogP contribution in [0.4, 0.5) is 0 Å². The lowest BCUT2D eigenvalue weighted by Gasteiger charge is -2.60. The first-order chi connectivity index (χ1) is 22.3. The molecule has 0 spiro atoms. The number of aromatic nitrogens is 4. The topological polar surface area (TPSA) is 51.6 Å². The molecule has 0 N–H and O–H groups in total. The molecule has 4 aromatic heterocycles. The van der Waals surface area contributed by atoms with Crippen molar-refractivity contribution in [1.82, 2.24) is 19.9 Å². The second-order valence-corrected chi connectivity index (χ2v) is 15.7. The Labute approximate surface area is 272 Å². The molecule has 46 heavy (non-hydrogen) atoms. The van der Waals surface area contributed by atoms with Crippen LogP contribution in [0, 0.1) is 22.7 Å². The Hall–Kier alpha value is -4.18. The van der Waals surface area contributed by atoms with Gasteiger partial charge in [-0.2, -0.15) is 0 Å². The Kier molecular flexibility index (Phi) is 6.20. The van der Waals surface area contributed by atoms with E-state index in [1.54, 1.807) is 0 Å². The van der Waals surface area contributed by atoms with Crippen LogP contribution in [-0.4, -0.2) is 19.9 Å². The Bertz CT molecular complexity index is 1790. The van der Waals surface area contributed by atoms with Crippen molar-refractivity contribution in [2.24, 2.45) is 22.7 Å². The van der Waals surface area contributed by atoms with E-state index in [0.29, 0.717) is 46.3 Å². The molecular weight excluding hydrogens is 560 g/mol. The SMILES string of the molecule is CC1(C)[C@@H]2C[C@H]1[C@@H](Cc1ccc(C[C@H]3c4cc(-c5ccccn5)ncc4[C@H]4C[C@@H]3C4(C)C)cc1)c1cc(-c3ccccn3)ncc12. The fourth-order valence-corrected chi connectivity index (χ4v) is 10.1. The van der Waals surface area contributed by atoms with Crippen molar-refractivity contribution < 1.29 is 0 Å². The highest BCUT2D eigenvalue weighted by Gasteiger charge is 2.58. The van der Waals surface area contributed by atoms with Crippen molar-refractivity contribution in [3.05, 3.63) is 131 Å². The molecule has 0 unspecified atom stereocenters. The number of hydrogen-bond donors (Lipinski definition) is 0. The lowest BCUT2D eigenvalue weighted by atomic mass is 9.43. The first-order valence-corrected chi connectivity index (χ1v) is 17.2. The van der Waals surface area contributed by atoms with Crippen LogP contribution in [0.15, 0.2) is 97.6 Å². The van der Waals surface area contributed by atoms with Gasteiger partial charge in [-0.3, -0.25) is 19.9 Å². The molecule has 4 heteroatoms. The van der Waals surface area contributed by atoms with Gasteiger partial charge in [0.25, 0.3) is 0 Å². The molecule has 4 nitrogen and oxygen atoms in total. The maximum absolute atomic E-state index is 4.90. The molecule has 2 fully saturated rings. The molecule has 230 valence electrons. The normalized spacial score (nSPS) is 27.5. The van der Waals surface area contributed by atoms with Crippen LogP contribution in [0.1, 0.15) is 97.6 Å². The highest BCUT2D eigenvalue weighted by atomic mass is 14.8. The monoisotopic (exact) mass is 602 g/mol. The first kappa shape index (κ1) is 28.1. The molecule has 4 heterocycles. The lowest BCUT2D eigenvalue weighted by molar-refractivity contribution is -0.00603. The van der Waals surface area contributed by atoms with Crippen molar-refractivity contribution in [2.75, 3.05) is 0 Å². The lowest BCUT2D eigenvalue weighted by Crippen LogP contribution is -2.51. The van der Waals surface area contributed by atoms with Gasteiger partial charge in [0.1, 0.15) is 0 Å². The zero-order valence-corrected chi connectivity index (χ0v) is 27.3. The van der Waals surface area contributed by atoms with Gasteiger partial charge >= 0.3 is 0 Å². The highest BCUT2D eigenvalue weighted by Crippen LogP contribution is 2.68. The second-order valence-electron chi connectivity index (χ2n) is 15.7. The van der Waals surface area contributed by atoms with Gasteiger partial charge in [0.15, 0.2) is 0 Å². The van der Waals surface area contributed by atoms with Crippen LogP contribution in [0.5, 0.6) is 0 Å². The molecule has 1 aromatic carbocycles. The first-order valence-electron chi connectivity index (χ1n) is 17.2. The molecule has 4 bridgehead atoms. The van der Waals surface area contributed by atoms with E-state index in [1.807, 2.05) is 24.5 Å². The average Bonchev–Trinajstić information content (AvgIpc) is 3.09. The molecule has 11 rings (SSSR count). The summed E-state index contributed by atoms with van der Waals surface area (Å²) in [6.07, 6.45) is 12.8. The van der Waals surface area contributed by atoms with E-state index >= 15 is 0 Å². The molecule has 6 aliphatic rings. The summed E-state index contributed by atoms with van der Waals surface area (Å²) in [6.45, 7) is 9.89. The summed E-state index contributed by atoms with van der Waals surface area (Å²) in [5.41, 5.74) is 13.3. The zero-order chi connectivity index (χ0) is 31.2. The summed E-state index contributed by atoms with van der Waals surface area (Å²) in [5.74, 6) is 3.61. The largest absolute Gasteiger partial charge is 0.255 e. The van der Waals surface area contributed by atoms with Crippen molar-refractivity contribution in [2.45, 2.75) is 77.0 Å². The highest BCUT2D eigenvalue weighted by molar-refractivity contribution is 5.59. The van der Waals surface area contributed by atoms with E-state index in [4.69, 9.17) is 9.97 Å². The molecule has 0 saturated heterocycles. The minimum absolute atomic E-state index is 0.316. The van der Waals surface area contributed by atoms with E-state index < -0.39 is 0 Å². The van der Waals surface area contributed by atoms with Crippen molar-refractivity contribution in [1.29, 1.82) is 0 Å². The molecule has 6 aliphatic carbocycles. The van der Waals surface area contributed by atoms with Crippen molar-refractivity contribution >= 4 is 0 Å². The van der Waals surface area contributed by atoms with E-state index in [1.165, 1.54) is 46.2 Å². The summed E-state index contributed by atoms with van der Waals surface area (Å²) >= 11 is 0. The minimum atomic E-state index is 0.316. The van der Waals surface area contributed by atoms with E-state index in [-0.39, 0.29) is 0 Å². The van der Waals surface area contributed by atoms with Crippen molar-refractivity contribution in [3.8, 4) is 22.8 Å². The molecule has 2 saturated carbocycles. The summed E-state index contributed by atoms with van der Waals surface area (Å²) in [6, 6.07) is 26.6. The van der Waals surface area contributed by atoms with Crippen LogP contribution in [0.25, 0.3) is 22.8 Å². The van der Waals surface area contributed by atoms with E-state index in [0.717, 1.165) is 35.6 Å². The number of pyridine rings is 4. The summed E-state index contributed by atoms with van der Waals surface area (Å²) < 4.78 is 0. The van der Waals surface area contributed by atoms with Crippen LogP contribution >= 0.6 is 0 Å². The van der Waals surface area contributed by atoms with Gasteiger partial charge in [0, 0.05) is 24.8 Å². The average molecular weight is 603 g/mol. The summed E-state index contributed by atoms with van der Waals surface area (Å²) in [4.78, 5) is 19.0. The Morgan fingerprint density at radius 3 is 1.33 bits per heavy atom. The van der Waals surface area contributed by atoms with Crippen molar-refractivity contribution in [3.63, 3.8) is 0 Å². The molecule has 0 radical (unpaired) electrons. The molecule has 0 aliphatic heterocycles. The molecular formula is C42H42N4. The molecule has 5 aromatic rings. The minimum Gasteiger partial charge on any atom is -0.255 e. The maximum atomic E-state index is 4.90. The third kappa shape index (κ3) is 4.18. The number of nitrogens with zero attached hydrogens (tertiary/aromatic N) is 4. The Balaban J connectivity index is 1.00. The van der Waals surface area contributed by atoms with Gasteiger partial charge in [0.2, 0.25) is 0 Å². The number of rotatable bonds is 6. The molecule has 0 amide bonds. The van der Waals surface area contributed by atoms with Crippen LogP contribution < -0.4 is 0 Å². The maximum Gasteiger partial charge on any atom is 0.0889 e. The van der Waals surface area contributed by atoms with Gasteiger partial charge in [0.05, 0.1) is 22.8 Å². The van der Waals surface area contributed by atoms with Gasteiger partial charge in [-0.15, -0.1) is 0 Å². The third-order valence-corrected chi connectivity index (χ3v) is 12.9. The predicted molar refractivity (Wildman–Crippen MR) is 184 cm³/mol. The number of hydrogen-bond acceptors (Lipinski definition) is 4. The Morgan fingerprint density at radius 2 is 0.957 bits per heavy atom. The summed E-state index contributed by atoms with van der Waals surface area (Å²) in [7, 11) is 0. The quantitative estimate of drug-likeness (QED) is 0.194.